The van der Waals surface area contributed by atoms with Gasteiger partial charge in [0.05, 0.1) is 28.8 Å². The zero-order chi connectivity index (χ0) is 26.1. The summed E-state index contributed by atoms with van der Waals surface area (Å²) in [6.07, 6.45) is 0. The molecule has 0 saturated carbocycles. The van der Waals surface area contributed by atoms with Crippen LogP contribution in [0.3, 0.4) is 0 Å². The number of carbonyl (C=O) groups excluding carboxylic acids is 3. The second-order valence-electron chi connectivity index (χ2n) is 7.66. The van der Waals surface area contributed by atoms with Crippen molar-refractivity contribution >= 4 is 45.6 Å². The van der Waals surface area contributed by atoms with Gasteiger partial charge in [-0.2, -0.15) is 0 Å². The minimum Gasteiger partial charge on any atom is -0.507 e. The average Bonchev–Trinajstić information content (AvgIpc) is 3.36. The molecule has 0 unspecified atom stereocenters. The molecule has 0 aliphatic carbocycles. The lowest BCUT2D eigenvalue weighted by atomic mass is 9.95. The SMILES string of the molecule is CCOC(=O)c1sc(N2C(=O)C(=O)C(=C(O)c3ccc(F)cc3)[C@@H]2c2ccc([N+](=O)[O-])cc2)nc1C. The van der Waals surface area contributed by atoms with Gasteiger partial charge in [0.15, 0.2) is 5.13 Å². The summed E-state index contributed by atoms with van der Waals surface area (Å²) in [5.41, 5.74) is 0.101. The monoisotopic (exact) mass is 511 g/mol. The van der Waals surface area contributed by atoms with E-state index in [0.29, 0.717) is 0 Å². The van der Waals surface area contributed by atoms with Crippen LogP contribution in [0, 0.1) is 22.9 Å². The second-order valence-corrected chi connectivity index (χ2v) is 8.63. The largest absolute Gasteiger partial charge is 0.507 e. The molecule has 0 spiro atoms. The van der Waals surface area contributed by atoms with Gasteiger partial charge in [-0.05, 0) is 55.8 Å². The van der Waals surface area contributed by atoms with E-state index in [2.05, 4.69) is 4.98 Å². The minimum absolute atomic E-state index is 0.000776. The summed E-state index contributed by atoms with van der Waals surface area (Å²) in [5.74, 6) is -3.83. The van der Waals surface area contributed by atoms with Gasteiger partial charge < -0.3 is 9.84 Å². The fourth-order valence-corrected chi connectivity index (χ4v) is 4.75. The van der Waals surface area contributed by atoms with E-state index in [1.165, 1.54) is 36.4 Å². The Hall–Kier alpha value is -4.45. The van der Waals surface area contributed by atoms with E-state index >= 15 is 0 Å². The maximum Gasteiger partial charge on any atom is 0.350 e. The Labute approximate surface area is 207 Å². The first-order valence-corrected chi connectivity index (χ1v) is 11.4. The molecular formula is C24H18FN3O7S. The topological polar surface area (TPSA) is 140 Å². The van der Waals surface area contributed by atoms with Crippen molar-refractivity contribution in [2.75, 3.05) is 11.5 Å². The first-order chi connectivity index (χ1) is 17.1. The maximum atomic E-state index is 13.4. The number of aliphatic hydroxyl groups is 1. The number of nitrogens with zero attached hydrogens (tertiary/aromatic N) is 3. The number of halogens is 1. The Kier molecular flexibility index (Phi) is 6.62. The predicted octanol–water partition coefficient (Wildman–Crippen LogP) is 4.30. The third-order valence-electron chi connectivity index (χ3n) is 5.43. The minimum atomic E-state index is -1.23. The number of ether oxygens (including phenoxy) is 1. The van der Waals surface area contributed by atoms with Crippen molar-refractivity contribution in [1.29, 1.82) is 0 Å². The molecule has 3 aromatic rings. The van der Waals surface area contributed by atoms with E-state index in [4.69, 9.17) is 4.74 Å². The van der Waals surface area contributed by atoms with E-state index in [0.717, 1.165) is 28.4 Å². The molecule has 36 heavy (non-hydrogen) atoms. The maximum absolute atomic E-state index is 13.4. The van der Waals surface area contributed by atoms with Gasteiger partial charge >= 0.3 is 11.9 Å². The van der Waals surface area contributed by atoms with E-state index in [1.54, 1.807) is 13.8 Å². The number of amides is 1. The number of ketones is 1. The number of aliphatic hydroxyl groups excluding tert-OH is 1. The lowest BCUT2D eigenvalue weighted by Gasteiger charge is -2.22. The molecule has 1 N–H and O–H groups in total. The number of nitro groups is 1. The Morgan fingerprint density at radius 2 is 1.83 bits per heavy atom. The summed E-state index contributed by atoms with van der Waals surface area (Å²) in [7, 11) is 0. The van der Waals surface area contributed by atoms with Crippen LogP contribution in [-0.2, 0) is 14.3 Å². The molecule has 0 radical (unpaired) electrons. The molecule has 12 heteroatoms. The van der Waals surface area contributed by atoms with Gasteiger partial charge in [-0.25, -0.2) is 14.2 Å². The Balaban J connectivity index is 1.91. The van der Waals surface area contributed by atoms with Crippen LogP contribution in [-0.4, -0.2) is 39.3 Å². The van der Waals surface area contributed by atoms with Crippen LogP contribution in [0.5, 0.6) is 0 Å². The lowest BCUT2D eigenvalue weighted by molar-refractivity contribution is -0.384. The number of carbonyl (C=O) groups is 3. The molecule has 1 amide bonds. The molecule has 10 nitrogen and oxygen atoms in total. The van der Waals surface area contributed by atoms with Crippen LogP contribution in [0.15, 0.2) is 54.1 Å². The van der Waals surface area contributed by atoms with Crippen LogP contribution in [0.1, 0.15) is 39.5 Å². The third kappa shape index (κ3) is 4.33. The van der Waals surface area contributed by atoms with Crippen molar-refractivity contribution in [2.45, 2.75) is 19.9 Å². The molecule has 2 aromatic carbocycles. The summed E-state index contributed by atoms with van der Waals surface area (Å²) in [5, 5.41) is 22.1. The number of nitro benzene ring substituents is 1. The normalized spacial score (nSPS) is 16.9. The molecule has 1 aliphatic heterocycles. The number of hydrogen-bond donors (Lipinski definition) is 1. The summed E-state index contributed by atoms with van der Waals surface area (Å²) in [6.45, 7) is 3.30. The molecule has 1 saturated heterocycles. The number of thiazole rings is 1. The average molecular weight is 511 g/mol. The fourth-order valence-electron chi connectivity index (χ4n) is 3.76. The first-order valence-electron chi connectivity index (χ1n) is 10.6. The summed E-state index contributed by atoms with van der Waals surface area (Å²) >= 11 is 0.834. The highest BCUT2D eigenvalue weighted by Gasteiger charge is 2.48. The van der Waals surface area contributed by atoms with Gasteiger partial charge in [0.2, 0.25) is 0 Å². The number of aryl methyl sites for hydroxylation is 1. The van der Waals surface area contributed by atoms with Gasteiger partial charge in [-0.3, -0.25) is 24.6 Å². The van der Waals surface area contributed by atoms with Crippen molar-refractivity contribution in [2.24, 2.45) is 0 Å². The molecule has 184 valence electrons. The van der Waals surface area contributed by atoms with E-state index in [1.807, 2.05) is 0 Å². The van der Waals surface area contributed by atoms with Crippen molar-refractivity contribution in [3.63, 3.8) is 0 Å². The summed E-state index contributed by atoms with van der Waals surface area (Å²) in [4.78, 5) is 54.6. The smallest absolute Gasteiger partial charge is 0.350 e. The molecule has 0 bridgehead atoms. The standard InChI is InChI=1S/C24H18FN3O7S/c1-3-35-23(32)21-12(2)26-24(36-21)27-18(13-6-10-16(11-7-13)28(33)34)17(20(30)22(27)31)19(29)14-4-8-15(25)9-5-14/h4-11,18,29H,3H2,1-2H3/t18-/m0/s1. The van der Waals surface area contributed by atoms with E-state index in [-0.39, 0.29) is 44.7 Å². The van der Waals surface area contributed by atoms with Crippen molar-refractivity contribution in [3.05, 3.63) is 91.7 Å². The Bertz CT molecular complexity index is 1410. The number of anilines is 1. The van der Waals surface area contributed by atoms with Crippen molar-refractivity contribution in [3.8, 4) is 0 Å². The fraction of sp³-hybridized carbons (Fsp3) is 0.167. The quantitative estimate of drug-likeness (QED) is 0.129. The molecule has 1 fully saturated rings. The number of Topliss-reactive ketones (excluding diaryl/α,β-unsaturated/α-hetero) is 1. The van der Waals surface area contributed by atoms with E-state index in [9.17, 15) is 34.0 Å². The number of hydrogen-bond acceptors (Lipinski definition) is 9. The molecule has 4 rings (SSSR count). The number of non-ortho nitro benzene ring substituents is 1. The number of esters is 1. The van der Waals surface area contributed by atoms with Gasteiger partial charge in [0.25, 0.3) is 11.5 Å². The molecule has 1 aliphatic rings. The zero-order valence-corrected chi connectivity index (χ0v) is 19.7. The van der Waals surface area contributed by atoms with E-state index < -0.39 is 40.2 Å². The highest BCUT2D eigenvalue weighted by Crippen LogP contribution is 2.44. The number of rotatable bonds is 6. The number of aromatic nitrogens is 1. The third-order valence-corrected chi connectivity index (χ3v) is 6.57. The van der Waals surface area contributed by atoms with Gasteiger partial charge in [0.1, 0.15) is 16.5 Å². The second kappa shape index (κ2) is 9.66. The van der Waals surface area contributed by atoms with Gasteiger partial charge in [0, 0.05) is 17.7 Å². The van der Waals surface area contributed by atoms with Crippen molar-refractivity contribution in [1.82, 2.24) is 4.98 Å². The van der Waals surface area contributed by atoms with Crippen molar-refractivity contribution < 1.29 is 33.5 Å². The Morgan fingerprint density at radius 3 is 2.42 bits per heavy atom. The van der Waals surface area contributed by atoms with Crippen LogP contribution in [0.25, 0.3) is 5.76 Å². The van der Waals surface area contributed by atoms with Crippen LogP contribution < -0.4 is 4.90 Å². The van der Waals surface area contributed by atoms with Gasteiger partial charge in [-0.15, -0.1) is 0 Å². The summed E-state index contributed by atoms with van der Waals surface area (Å²) < 4.78 is 18.5. The molecular weight excluding hydrogens is 493 g/mol. The Morgan fingerprint density at radius 1 is 1.19 bits per heavy atom. The predicted molar refractivity (Wildman–Crippen MR) is 127 cm³/mol. The van der Waals surface area contributed by atoms with Crippen LogP contribution >= 0.6 is 11.3 Å². The van der Waals surface area contributed by atoms with Crippen LogP contribution in [0.2, 0.25) is 0 Å². The lowest BCUT2D eigenvalue weighted by Crippen LogP contribution is -2.29. The highest BCUT2D eigenvalue weighted by atomic mass is 32.1. The molecule has 1 atom stereocenters. The molecule has 1 aromatic heterocycles. The summed E-state index contributed by atoms with van der Waals surface area (Å²) in [6, 6.07) is 8.54. The zero-order valence-electron chi connectivity index (χ0n) is 18.9. The number of benzene rings is 2. The first kappa shape index (κ1) is 24.7. The molecule has 2 heterocycles. The van der Waals surface area contributed by atoms with Gasteiger partial charge in [-0.1, -0.05) is 11.3 Å². The van der Waals surface area contributed by atoms with Crippen LogP contribution in [0.4, 0.5) is 15.2 Å². The highest BCUT2D eigenvalue weighted by molar-refractivity contribution is 7.17.